The van der Waals surface area contributed by atoms with E-state index in [9.17, 15) is 0 Å². The van der Waals surface area contributed by atoms with Gasteiger partial charge in [-0.05, 0) is 13.8 Å². The molecule has 106 valence electrons. The summed E-state index contributed by atoms with van der Waals surface area (Å²) >= 11 is 1.74. The highest BCUT2D eigenvalue weighted by Gasteiger charge is 2.25. The number of aromatic nitrogens is 1. The van der Waals surface area contributed by atoms with Crippen LogP contribution in [0.1, 0.15) is 19.5 Å². The molecule has 1 saturated heterocycles. The maximum atomic E-state index is 4.78. The fourth-order valence-electron chi connectivity index (χ4n) is 2.70. The Hall–Kier alpha value is -1.23. The number of nitrogens with one attached hydrogen (secondary N) is 1. The van der Waals surface area contributed by atoms with Gasteiger partial charge in [0.15, 0.2) is 0 Å². The third-order valence-corrected chi connectivity index (χ3v) is 4.55. The van der Waals surface area contributed by atoms with Crippen LogP contribution in [0, 0.1) is 0 Å². The maximum absolute atomic E-state index is 4.78. The Balaban J connectivity index is 1.69. The average Bonchev–Trinajstić information content (AvgIpc) is 2.87. The van der Waals surface area contributed by atoms with Gasteiger partial charge >= 0.3 is 0 Å². The van der Waals surface area contributed by atoms with Crippen LogP contribution < -0.4 is 5.32 Å². The standard InChI is InChI=1S/C16H21N3S/c1-16(2)12-19(9-8-17-16)10-14-11-20-15(18-14)13-6-4-3-5-7-13/h3-7,11,17H,8-10,12H2,1-2H3. The number of thiazole rings is 1. The van der Waals surface area contributed by atoms with Crippen LogP contribution >= 0.6 is 11.3 Å². The Labute approximate surface area is 124 Å². The SMILES string of the molecule is CC1(C)CN(Cc2csc(-c3ccccc3)n2)CCN1. The van der Waals surface area contributed by atoms with Gasteiger partial charge in [-0.15, -0.1) is 11.3 Å². The van der Waals surface area contributed by atoms with Crippen molar-refractivity contribution in [1.29, 1.82) is 0 Å². The molecule has 20 heavy (non-hydrogen) atoms. The molecule has 1 aromatic carbocycles. The summed E-state index contributed by atoms with van der Waals surface area (Å²) in [7, 11) is 0. The van der Waals surface area contributed by atoms with Crippen LogP contribution in [0.3, 0.4) is 0 Å². The van der Waals surface area contributed by atoms with Crippen molar-refractivity contribution in [2.24, 2.45) is 0 Å². The number of nitrogens with zero attached hydrogens (tertiary/aromatic N) is 2. The molecule has 1 fully saturated rings. The molecule has 0 amide bonds. The molecule has 0 unspecified atom stereocenters. The quantitative estimate of drug-likeness (QED) is 0.940. The number of rotatable bonds is 3. The fourth-order valence-corrected chi connectivity index (χ4v) is 3.52. The average molecular weight is 287 g/mol. The van der Waals surface area contributed by atoms with Crippen molar-refractivity contribution in [2.75, 3.05) is 19.6 Å². The summed E-state index contributed by atoms with van der Waals surface area (Å²) in [4.78, 5) is 7.27. The largest absolute Gasteiger partial charge is 0.309 e. The number of piperazine rings is 1. The fraction of sp³-hybridized carbons (Fsp3) is 0.438. The molecule has 3 nitrogen and oxygen atoms in total. The number of hydrogen-bond acceptors (Lipinski definition) is 4. The van der Waals surface area contributed by atoms with Crippen LogP contribution in [-0.4, -0.2) is 35.1 Å². The highest BCUT2D eigenvalue weighted by atomic mass is 32.1. The molecule has 0 atom stereocenters. The van der Waals surface area contributed by atoms with Gasteiger partial charge in [0, 0.05) is 42.7 Å². The van der Waals surface area contributed by atoms with Crippen LogP contribution in [-0.2, 0) is 6.54 Å². The molecule has 0 bridgehead atoms. The molecular formula is C16H21N3S. The summed E-state index contributed by atoms with van der Waals surface area (Å²) < 4.78 is 0. The Morgan fingerprint density at radius 2 is 2.10 bits per heavy atom. The summed E-state index contributed by atoms with van der Waals surface area (Å²) in [5.74, 6) is 0. The van der Waals surface area contributed by atoms with Crippen molar-refractivity contribution >= 4 is 11.3 Å². The Bertz CT molecular complexity index is 562. The first-order chi connectivity index (χ1) is 9.62. The van der Waals surface area contributed by atoms with Crippen LogP contribution in [0.15, 0.2) is 35.7 Å². The number of hydrogen-bond donors (Lipinski definition) is 1. The topological polar surface area (TPSA) is 28.2 Å². The smallest absolute Gasteiger partial charge is 0.123 e. The summed E-state index contributed by atoms with van der Waals surface area (Å²) in [6, 6.07) is 10.4. The Morgan fingerprint density at radius 1 is 1.30 bits per heavy atom. The third kappa shape index (κ3) is 3.26. The van der Waals surface area contributed by atoms with E-state index in [2.05, 4.69) is 53.7 Å². The van der Waals surface area contributed by atoms with Crippen LogP contribution in [0.2, 0.25) is 0 Å². The van der Waals surface area contributed by atoms with Crippen molar-refractivity contribution < 1.29 is 0 Å². The van der Waals surface area contributed by atoms with E-state index in [0.717, 1.165) is 31.2 Å². The molecule has 0 spiro atoms. The second kappa shape index (κ2) is 5.64. The minimum absolute atomic E-state index is 0.205. The van der Waals surface area contributed by atoms with Gasteiger partial charge in [-0.1, -0.05) is 30.3 Å². The van der Waals surface area contributed by atoms with Crippen molar-refractivity contribution in [2.45, 2.75) is 25.9 Å². The minimum atomic E-state index is 0.205. The first kappa shape index (κ1) is 13.7. The van der Waals surface area contributed by atoms with E-state index >= 15 is 0 Å². The maximum Gasteiger partial charge on any atom is 0.123 e. The van der Waals surface area contributed by atoms with Gasteiger partial charge in [0.1, 0.15) is 5.01 Å². The first-order valence-corrected chi connectivity index (χ1v) is 7.98. The van der Waals surface area contributed by atoms with Gasteiger partial charge in [0.05, 0.1) is 5.69 Å². The zero-order valence-corrected chi connectivity index (χ0v) is 12.9. The highest BCUT2D eigenvalue weighted by molar-refractivity contribution is 7.13. The molecule has 0 saturated carbocycles. The van der Waals surface area contributed by atoms with E-state index in [1.165, 1.54) is 11.3 Å². The van der Waals surface area contributed by atoms with E-state index in [1.807, 2.05) is 6.07 Å². The summed E-state index contributed by atoms with van der Waals surface area (Å²) in [6.07, 6.45) is 0. The van der Waals surface area contributed by atoms with E-state index in [0.29, 0.717) is 0 Å². The first-order valence-electron chi connectivity index (χ1n) is 7.10. The molecule has 4 heteroatoms. The predicted molar refractivity (Wildman–Crippen MR) is 84.9 cm³/mol. The van der Waals surface area contributed by atoms with E-state index in [-0.39, 0.29) is 5.54 Å². The predicted octanol–water partition coefficient (Wildman–Crippen LogP) is 2.99. The Morgan fingerprint density at radius 3 is 2.85 bits per heavy atom. The molecule has 1 aliphatic rings. The van der Waals surface area contributed by atoms with Gasteiger partial charge in [-0.25, -0.2) is 4.98 Å². The van der Waals surface area contributed by atoms with Gasteiger partial charge in [-0.2, -0.15) is 0 Å². The third-order valence-electron chi connectivity index (χ3n) is 3.61. The normalized spacial score (nSPS) is 19.1. The molecule has 2 heterocycles. The van der Waals surface area contributed by atoms with Crippen LogP contribution in [0.5, 0.6) is 0 Å². The molecule has 2 aromatic rings. The van der Waals surface area contributed by atoms with Crippen molar-refractivity contribution in [1.82, 2.24) is 15.2 Å². The monoisotopic (exact) mass is 287 g/mol. The van der Waals surface area contributed by atoms with Gasteiger partial charge in [-0.3, -0.25) is 4.90 Å². The highest BCUT2D eigenvalue weighted by Crippen LogP contribution is 2.24. The molecule has 1 N–H and O–H groups in total. The van der Waals surface area contributed by atoms with Crippen molar-refractivity contribution in [3.63, 3.8) is 0 Å². The van der Waals surface area contributed by atoms with Crippen LogP contribution in [0.25, 0.3) is 10.6 Å². The second-order valence-corrected chi connectivity index (χ2v) is 6.89. The molecular weight excluding hydrogens is 266 g/mol. The van der Waals surface area contributed by atoms with Gasteiger partial charge in [0.25, 0.3) is 0 Å². The van der Waals surface area contributed by atoms with Gasteiger partial charge in [0.2, 0.25) is 0 Å². The van der Waals surface area contributed by atoms with Crippen molar-refractivity contribution in [3.8, 4) is 10.6 Å². The van der Waals surface area contributed by atoms with E-state index in [1.54, 1.807) is 11.3 Å². The van der Waals surface area contributed by atoms with Crippen molar-refractivity contribution in [3.05, 3.63) is 41.4 Å². The molecule has 0 aliphatic carbocycles. The van der Waals surface area contributed by atoms with Gasteiger partial charge < -0.3 is 5.32 Å². The minimum Gasteiger partial charge on any atom is -0.309 e. The summed E-state index contributed by atoms with van der Waals surface area (Å²) in [6.45, 7) is 8.70. The summed E-state index contributed by atoms with van der Waals surface area (Å²) in [5, 5.41) is 6.86. The molecule has 1 aliphatic heterocycles. The molecule has 1 aromatic heterocycles. The lowest BCUT2D eigenvalue weighted by Crippen LogP contribution is -2.56. The lowest BCUT2D eigenvalue weighted by Gasteiger charge is -2.38. The molecule has 0 radical (unpaired) electrons. The zero-order chi connectivity index (χ0) is 14.0. The summed E-state index contributed by atoms with van der Waals surface area (Å²) in [5.41, 5.74) is 2.60. The Kier molecular flexibility index (Phi) is 3.87. The lowest BCUT2D eigenvalue weighted by atomic mass is 10.0. The van der Waals surface area contributed by atoms with E-state index in [4.69, 9.17) is 4.98 Å². The second-order valence-electron chi connectivity index (χ2n) is 6.03. The zero-order valence-electron chi connectivity index (χ0n) is 12.1. The number of benzene rings is 1. The molecule has 3 rings (SSSR count). The van der Waals surface area contributed by atoms with E-state index < -0.39 is 0 Å². The van der Waals surface area contributed by atoms with Crippen LogP contribution in [0.4, 0.5) is 0 Å². The lowest BCUT2D eigenvalue weighted by molar-refractivity contribution is 0.147.